The molecule has 0 atom stereocenters. The summed E-state index contributed by atoms with van der Waals surface area (Å²) in [7, 11) is 0. The first-order valence-electron chi connectivity index (χ1n) is 21.8. The molecule has 8 N–H and O–H groups in total. The number of aliphatic carboxylic acids is 1. The minimum absolute atomic E-state index is 0.0406. The number of nitrogens with two attached hydrogens (primary N) is 1. The number of hydrogen-bond donors (Lipinski definition) is 7. The summed E-state index contributed by atoms with van der Waals surface area (Å²) >= 11 is 0. The topological polar surface area (TPSA) is 244 Å². The number of carbonyl (C=O) groups excluding carboxylic acids is 1. The van der Waals surface area contributed by atoms with E-state index in [1.807, 2.05) is 121 Å². The molecule has 4 heterocycles. The van der Waals surface area contributed by atoms with Gasteiger partial charge in [-0.05, 0) is 82.9 Å². The van der Waals surface area contributed by atoms with Crippen LogP contribution in [-0.2, 0) is 48.7 Å². The summed E-state index contributed by atoms with van der Waals surface area (Å²) in [6, 6.07) is 45.8. The van der Waals surface area contributed by atoms with Crippen molar-refractivity contribution in [1.29, 1.82) is 0 Å². The highest BCUT2D eigenvalue weighted by Gasteiger charge is 2.11. The van der Waals surface area contributed by atoms with Crippen molar-refractivity contribution < 1.29 is 33.0 Å². The van der Waals surface area contributed by atoms with Gasteiger partial charge in [0.25, 0.3) is 0 Å². The van der Waals surface area contributed by atoms with Gasteiger partial charge >= 0.3 is 5.97 Å². The Morgan fingerprint density at radius 1 is 0.580 bits per heavy atom. The second-order valence-corrected chi connectivity index (χ2v) is 15.4. The summed E-state index contributed by atoms with van der Waals surface area (Å²) in [6.07, 6.45) is 6.57. The molecule has 6 aromatic carbocycles. The van der Waals surface area contributed by atoms with E-state index in [4.69, 9.17) is 29.1 Å². The van der Waals surface area contributed by atoms with Gasteiger partial charge in [0.1, 0.15) is 37.2 Å². The Labute approximate surface area is 395 Å². The molecule has 0 bridgehead atoms. The summed E-state index contributed by atoms with van der Waals surface area (Å²) in [5.74, 6) is 3.17. The smallest absolute Gasteiger partial charge is 0.307 e. The maximum atomic E-state index is 12.6. The first kappa shape index (κ1) is 46.2. The Hall–Kier alpha value is -9.38. The van der Waals surface area contributed by atoms with Crippen molar-refractivity contribution in [2.45, 2.75) is 39.1 Å². The fourth-order valence-corrected chi connectivity index (χ4v) is 6.85. The van der Waals surface area contributed by atoms with Crippen molar-refractivity contribution in [2.75, 3.05) is 21.7 Å². The van der Waals surface area contributed by atoms with Crippen LogP contribution in [0.4, 0.5) is 23.0 Å². The molecule has 0 aliphatic heterocycles. The van der Waals surface area contributed by atoms with Crippen LogP contribution in [0.2, 0.25) is 0 Å². The summed E-state index contributed by atoms with van der Waals surface area (Å²) in [5, 5.41) is 34.1. The van der Waals surface area contributed by atoms with E-state index in [1.165, 1.54) is 12.5 Å². The molecule has 0 saturated heterocycles. The number of carboxylic acid groups (broad SMARTS) is 1. The van der Waals surface area contributed by atoms with Gasteiger partial charge in [0.2, 0.25) is 17.7 Å². The number of rotatable bonds is 17. The van der Waals surface area contributed by atoms with E-state index >= 15 is 0 Å². The van der Waals surface area contributed by atoms with Gasteiger partial charge < -0.3 is 45.1 Å². The van der Waals surface area contributed by atoms with Crippen molar-refractivity contribution in [3.05, 3.63) is 205 Å². The van der Waals surface area contributed by atoms with E-state index in [-0.39, 0.29) is 18.7 Å². The number of carboxylic acids is 1. The highest BCUT2D eigenvalue weighted by atomic mass is 16.5. The number of nitrogen functional groups attached to an aromatic ring is 1. The fraction of sp³-hybridized carbons (Fsp3) is 0.115. The van der Waals surface area contributed by atoms with Crippen molar-refractivity contribution in [3.8, 4) is 11.5 Å². The monoisotopic (exact) mass is 924 g/mol. The lowest BCUT2D eigenvalue weighted by Crippen LogP contribution is -2.14. The van der Waals surface area contributed by atoms with Gasteiger partial charge in [-0.1, -0.05) is 84.9 Å². The molecule has 0 fully saturated rings. The van der Waals surface area contributed by atoms with Gasteiger partial charge in [-0.2, -0.15) is 10.2 Å². The average molecular weight is 925 g/mol. The Morgan fingerprint density at radius 3 is 1.57 bits per heavy atom. The Kier molecular flexibility index (Phi) is 15.5. The van der Waals surface area contributed by atoms with Gasteiger partial charge in [0.05, 0.1) is 49.4 Å². The number of aromatic amines is 2. The van der Waals surface area contributed by atoms with Gasteiger partial charge in [-0.3, -0.25) is 19.8 Å². The summed E-state index contributed by atoms with van der Waals surface area (Å²) in [6.45, 7) is 1.92. The zero-order chi connectivity index (χ0) is 47.6. The highest BCUT2D eigenvalue weighted by Crippen LogP contribution is 2.26. The SMILES string of the molecule is Nc1ccc2[nH]nc(NCc3ncco3)c2c1.O=C(Cc1ccc(OCc2ccccc2)cc1)Nc1ccc2[nH]nc(NCc3ncco3)c2c1.O=C(O)Cc1ccc(OCc2ccccc2)cc1. The molecule has 0 aliphatic carbocycles. The molecule has 17 nitrogen and oxygen atoms in total. The molecule has 10 aromatic rings. The van der Waals surface area contributed by atoms with Gasteiger partial charge in [0, 0.05) is 22.1 Å². The van der Waals surface area contributed by atoms with Crippen LogP contribution >= 0.6 is 0 Å². The molecule has 10 rings (SSSR count). The summed E-state index contributed by atoms with van der Waals surface area (Å²) in [4.78, 5) is 31.3. The standard InChI is InChI=1S/C26H23N5O3.C15H14O3.C11H11N5O/c32-24(14-18-6-9-21(10-7-18)34-17-19-4-2-1-3-5-19)29-20-8-11-23-22(15-20)26(31-30-23)28-16-25-27-12-13-33-25;16-15(17)10-12-6-8-14(9-7-12)18-11-13-4-2-1-3-5-13;12-7-1-2-9-8(5-7)11(16-15-9)14-6-10-13-3-4-17-10/h1-13,15H,14,16-17H2,(H,29,32)(H2,28,30,31);1-9H,10-11H2,(H,16,17);1-5H,6,12H2,(H2,14,15,16). The molecule has 348 valence electrons. The number of fused-ring (bicyclic) bond motifs is 2. The number of carbonyl (C=O) groups is 2. The average Bonchev–Trinajstić information content (AvgIpc) is 4.23. The van der Waals surface area contributed by atoms with Crippen molar-refractivity contribution >= 4 is 56.7 Å². The van der Waals surface area contributed by atoms with Crippen LogP contribution in [0.5, 0.6) is 11.5 Å². The number of nitrogens with one attached hydrogen (secondary N) is 5. The Balaban J connectivity index is 0.000000154. The van der Waals surface area contributed by atoms with Crippen LogP contribution < -0.4 is 31.2 Å². The second-order valence-electron chi connectivity index (χ2n) is 15.4. The first-order chi connectivity index (χ1) is 33.8. The number of ether oxygens (including phenoxy) is 2. The zero-order valence-electron chi connectivity index (χ0n) is 37.2. The quantitative estimate of drug-likeness (QED) is 0.0421. The number of aromatic nitrogens is 6. The number of H-pyrrole nitrogens is 2. The molecule has 69 heavy (non-hydrogen) atoms. The number of hydrogen-bond acceptors (Lipinski definition) is 13. The van der Waals surface area contributed by atoms with E-state index in [9.17, 15) is 9.59 Å². The lowest BCUT2D eigenvalue weighted by molar-refractivity contribution is -0.136. The third kappa shape index (κ3) is 13.8. The lowest BCUT2D eigenvalue weighted by atomic mass is 10.1. The third-order valence-corrected chi connectivity index (χ3v) is 10.3. The number of anilines is 4. The molecule has 0 spiro atoms. The normalized spacial score (nSPS) is 10.6. The van der Waals surface area contributed by atoms with E-state index in [0.717, 1.165) is 61.4 Å². The molecule has 0 unspecified atom stereocenters. The van der Waals surface area contributed by atoms with E-state index in [2.05, 4.69) is 46.3 Å². The second kappa shape index (κ2) is 23.2. The molecule has 4 aromatic heterocycles. The predicted octanol–water partition coefficient (Wildman–Crippen LogP) is 9.56. The number of oxazole rings is 2. The summed E-state index contributed by atoms with van der Waals surface area (Å²) in [5.41, 5.74) is 12.8. The van der Waals surface area contributed by atoms with Crippen molar-refractivity contribution in [1.82, 2.24) is 30.4 Å². The van der Waals surface area contributed by atoms with Gasteiger partial charge in [-0.25, -0.2) is 9.97 Å². The van der Waals surface area contributed by atoms with Crippen LogP contribution in [0.15, 0.2) is 179 Å². The van der Waals surface area contributed by atoms with Gasteiger partial charge in [-0.15, -0.1) is 0 Å². The first-order valence-corrected chi connectivity index (χ1v) is 21.8. The molecular formula is C52H48N10O7. The van der Waals surface area contributed by atoms with E-state index in [0.29, 0.717) is 55.3 Å². The van der Waals surface area contributed by atoms with Crippen LogP contribution in [0, 0.1) is 0 Å². The lowest BCUT2D eigenvalue weighted by Gasteiger charge is -2.08. The third-order valence-electron chi connectivity index (χ3n) is 10.3. The molecule has 0 saturated carbocycles. The number of nitrogens with zero attached hydrogens (tertiary/aromatic N) is 4. The predicted molar refractivity (Wildman–Crippen MR) is 262 cm³/mol. The van der Waals surface area contributed by atoms with E-state index < -0.39 is 5.97 Å². The van der Waals surface area contributed by atoms with Gasteiger partial charge in [0.15, 0.2) is 11.6 Å². The molecule has 1 amide bonds. The molecular weight excluding hydrogens is 877 g/mol. The van der Waals surface area contributed by atoms with Crippen LogP contribution in [-0.4, -0.2) is 47.3 Å². The van der Waals surface area contributed by atoms with E-state index in [1.54, 1.807) is 36.7 Å². The summed E-state index contributed by atoms with van der Waals surface area (Å²) < 4.78 is 21.8. The number of benzene rings is 6. The van der Waals surface area contributed by atoms with Crippen LogP contribution in [0.3, 0.4) is 0 Å². The molecule has 0 aliphatic rings. The minimum Gasteiger partial charge on any atom is -0.489 e. The minimum atomic E-state index is -0.826. The largest absolute Gasteiger partial charge is 0.489 e. The maximum absolute atomic E-state index is 12.6. The van der Waals surface area contributed by atoms with Crippen LogP contribution in [0.1, 0.15) is 34.0 Å². The molecule has 0 radical (unpaired) electrons. The van der Waals surface area contributed by atoms with Crippen molar-refractivity contribution in [2.24, 2.45) is 0 Å². The Morgan fingerprint density at radius 2 is 1.07 bits per heavy atom. The Bertz CT molecular complexity index is 3140. The number of amides is 1. The van der Waals surface area contributed by atoms with Crippen molar-refractivity contribution in [3.63, 3.8) is 0 Å². The van der Waals surface area contributed by atoms with Crippen LogP contribution in [0.25, 0.3) is 21.8 Å². The highest BCUT2D eigenvalue weighted by molar-refractivity contribution is 5.97. The zero-order valence-corrected chi connectivity index (χ0v) is 37.2. The molecule has 17 heteroatoms. The maximum Gasteiger partial charge on any atom is 0.307 e. The fourth-order valence-electron chi connectivity index (χ4n) is 6.85.